The molecule has 0 spiro atoms. The number of benzene rings is 3. The van der Waals surface area contributed by atoms with E-state index in [1.165, 1.54) is 36.0 Å². The van der Waals surface area contributed by atoms with Crippen LogP contribution in [0.3, 0.4) is 0 Å². The third-order valence-corrected chi connectivity index (χ3v) is 8.41. The van der Waals surface area contributed by atoms with Gasteiger partial charge in [0.05, 0.1) is 22.9 Å². The van der Waals surface area contributed by atoms with Gasteiger partial charge in [0.1, 0.15) is 22.9 Å². The number of rotatable bonds is 6. The van der Waals surface area contributed by atoms with Gasteiger partial charge in [0, 0.05) is 29.7 Å². The Balaban J connectivity index is 1.43. The number of carbonyl (C=O) groups is 2. The maximum Gasteiger partial charge on any atom is 0.269 e. The molecule has 1 aromatic heterocycles. The number of ether oxygens (including phenoxy) is 1. The number of carbonyl (C=O) groups excluding carboxylic acids is 2. The molecule has 4 aromatic rings. The molecule has 3 N–H and O–H groups in total. The maximum atomic E-state index is 15.4. The van der Waals surface area contributed by atoms with Crippen molar-refractivity contribution in [3.63, 3.8) is 0 Å². The summed E-state index contributed by atoms with van der Waals surface area (Å²) in [6, 6.07) is 16.3. The highest BCUT2D eigenvalue weighted by atomic mass is 32.2. The minimum Gasteiger partial charge on any atom is -0.477 e. The minimum absolute atomic E-state index is 0.0562. The quantitative estimate of drug-likeness (QED) is 0.308. The number of benzodiazepines with no additional fused rings is 1. The second-order valence-corrected chi connectivity index (χ2v) is 11.6. The Morgan fingerprint density at radius 2 is 1.84 bits per heavy atom. The van der Waals surface area contributed by atoms with Crippen LogP contribution in [0.4, 0.5) is 14.5 Å². The van der Waals surface area contributed by atoms with Crippen molar-refractivity contribution >= 4 is 33.2 Å². The van der Waals surface area contributed by atoms with E-state index in [1.54, 1.807) is 36.4 Å². The zero-order valence-electron chi connectivity index (χ0n) is 22.6. The number of anilines is 1. The Labute approximate surface area is 244 Å². The van der Waals surface area contributed by atoms with E-state index in [1.807, 2.05) is 0 Å². The summed E-state index contributed by atoms with van der Waals surface area (Å²) in [5, 5.41) is 9.48. The molecule has 14 heteroatoms. The van der Waals surface area contributed by atoms with E-state index >= 15 is 4.39 Å². The summed E-state index contributed by atoms with van der Waals surface area (Å²) < 4.78 is 63.9. The van der Waals surface area contributed by atoms with Crippen LogP contribution in [0.5, 0.6) is 5.88 Å². The van der Waals surface area contributed by atoms with Crippen LogP contribution < -0.4 is 20.1 Å². The van der Waals surface area contributed by atoms with Crippen molar-refractivity contribution in [3.8, 4) is 17.1 Å². The molecule has 43 heavy (non-hydrogen) atoms. The van der Waals surface area contributed by atoms with E-state index in [9.17, 15) is 22.4 Å². The third kappa shape index (κ3) is 5.15. The molecule has 3 aromatic carbocycles. The van der Waals surface area contributed by atoms with Gasteiger partial charge >= 0.3 is 0 Å². The lowest BCUT2D eigenvalue weighted by Crippen LogP contribution is -2.42. The molecule has 0 fully saturated rings. The standard InChI is InChI=1S/C29H24F2N6O5S/c1-32-43(40,41)17-11-12-18(21(31)15-17)25-22(29-37(36-25)13-6-14-42-29)27(38)35-26-28(39)34-24-19(9-5-10-20(24)30)23(33-26)16-7-3-2-4-8-16/h2-5,7-12,15,26,32H,6,13-14H2,1H3,(H,34,39)(H,35,38)/t26-/m1/s1. The van der Waals surface area contributed by atoms with Crippen molar-refractivity contribution in [2.45, 2.75) is 24.0 Å². The van der Waals surface area contributed by atoms with Gasteiger partial charge in [-0.3, -0.25) is 9.59 Å². The summed E-state index contributed by atoms with van der Waals surface area (Å²) in [6.45, 7) is 0.639. The largest absolute Gasteiger partial charge is 0.477 e. The van der Waals surface area contributed by atoms with Gasteiger partial charge < -0.3 is 15.4 Å². The molecule has 0 saturated carbocycles. The highest BCUT2D eigenvalue weighted by Gasteiger charge is 2.34. The first kappa shape index (κ1) is 28.2. The van der Waals surface area contributed by atoms with Crippen molar-refractivity contribution in [1.29, 1.82) is 0 Å². The second kappa shape index (κ2) is 11.0. The summed E-state index contributed by atoms with van der Waals surface area (Å²) in [6.07, 6.45) is -0.939. The Bertz CT molecular complexity index is 1910. The van der Waals surface area contributed by atoms with Crippen LogP contribution in [-0.2, 0) is 21.4 Å². The number of para-hydroxylation sites is 1. The van der Waals surface area contributed by atoms with Crippen LogP contribution in [-0.4, -0.2) is 55.5 Å². The number of hydrogen-bond donors (Lipinski definition) is 3. The number of amides is 2. The van der Waals surface area contributed by atoms with Gasteiger partial charge in [0.25, 0.3) is 11.8 Å². The number of nitrogens with one attached hydrogen (secondary N) is 3. The zero-order chi connectivity index (χ0) is 30.3. The molecule has 2 amide bonds. The zero-order valence-corrected chi connectivity index (χ0v) is 23.4. The van der Waals surface area contributed by atoms with Crippen molar-refractivity contribution in [3.05, 3.63) is 95.1 Å². The van der Waals surface area contributed by atoms with E-state index < -0.39 is 39.6 Å². The first-order valence-electron chi connectivity index (χ1n) is 13.2. The number of fused-ring (bicyclic) bond motifs is 2. The SMILES string of the molecule is CNS(=O)(=O)c1ccc(-c2nn3c(c2C(=O)N[C@H]2N=C(c4ccccc4)c4cccc(F)c4NC2=O)OCCC3)c(F)c1. The average molecular weight is 607 g/mol. The van der Waals surface area contributed by atoms with Crippen LogP contribution in [0.15, 0.2) is 76.6 Å². The number of hydrogen-bond acceptors (Lipinski definition) is 7. The van der Waals surface area contributed by atoms with Crippen molar-refractivity contribution in [2.24, 2.45) is 4.99 Å². The summed E-state index contributed by atoms with van der Waals surface area (Å²) in [7, 11) is -2.74. The van der Waals surface area contributed by atoms with Gasteiger partial charge in [-0.1, -0.05) is 42.5 Å². The Hall–Kier alpha value is -4.95. The normalized spacial score (nSPS) is 16.2. The molecule has 220 valence electrons. The lowest BCUT2D eigenvalue weighted by molar-refractivity contribution is -0.117. The predicted octanol–water partition coefficient (Wildman–Crippen LogP) is 3.06. The van der Waals surface area contributed by atoms with E-state index in [0.29, 0.717) is 24.1 Å². The van der Waals surface area contributed by atoms with E-state index in [-0.39, 0.29) is 45.6 Å². The number of halogens is 2. The van der Waals surface area contributed by atoms with Crippen LogP contribution in [0.25, 0.3) is 11.3 Å². The van der Waals surface area contributed by atoms with E-state index in [4.69, 9.17) is 4.74 Å². The van der Waals surface area contributed by atoms with Crippen LogP contribution in [0.1, 0.15) is 27.9 Å². The second-order valence-electron chi connectivity index (χ2n) is 9.67. The fraction of sp³-hybridized carbons (Fsp3) is 0.172. The van der Waals surface area contributed by atoms with Crippen LogP contribution >= 0.6 is 0 Å². The minimum atomic E-state index is -3.94. The first-order valence-corrected chi connectivity index (χ1v) is 14.7. The first-order chi connectivity index (χ1) is 20.7. The summed E-state index contributed by atoms with van der Waals surface area (Å²) in [5.41, 5.74) is 0.643. The van der Waals surface area contributed by atoms with Gasteiger partial charge in [0.15, 0.2) is 0 Å². The number of aromatic nitrogens is 2. The van der Waals surface area contributed by atoms with Crippen LogP contribution in [0.2, 0.25) is 0 Å². The van der Waals surface area contributed by atoms with Crippen molar-refractivity contribution < 1.29 is 31.5 Å². The molecule has 2 aliphatic heterocycles. The maximum absolute atomic E-state index is 15.4. The molecular formula is C29H24F2N6O5S. The van der Waals surface area contributed by atoms with Gasteiger partial charge in [-0.15, -0.1) is 0 Å². The summed E-state index contributed by atoms with van der Waals surface area (Å²) in [5.74, 6) is -3.22. The Kier molecular flexibility index (Phi) is 7.23. The molecule has 0 unspecified atom stereocenters. The lowest BCUT2D eigenvalue weighted by atomic mass is 10.0. The molecular weight excluding hydrogens is 582 g/mol. The molecule has 0 bridgehead atoms. The van der Waals surface area contributed by atoms with Gasteiger partial charge in [0.2, 0.25) is 22.1 Å². The Morgan fingerprint density at radius 1 is 1.05 bits per heavy atom. The van der Waals surface area contributed by atoms with Gasteiger partial charge in [-0.25, -0.2) is 31.6 Å². The summed E-state index contributed by atoms with van der Waals surface area (Å²) >= 11 is 0. The number of aliphatic imine (C=N–C) groups is 1. The lowest BCUT2D eigenvalue weighted by Gasteiger charge is -2.17. The van der Waals surface area contributed by atoms with E-state index in [2.05, 4.69) is 25.4 Å². The molecule has 2 aliphatic rings. The summed E-state index contributed by atoms with van der Waals surface area (Å²) in [4.78, 5) is 31.4. The average Bonchev–Trinajstić information content (AvgIpc) is 3.33. The van der Waals surface area contributed by atoms with Gasteiger partial charge in [-0.2, -0.15) is 5.10 Å². The molecule has 11 nitrogen and oxygen atoms in total. The van der Waals surface area contributed by atoms with Crippen molar-refractivity contribution in [2.75, 3.05) is 19.0 Å². The number of aryl methyl sites for hydroxylation is 1. The molecule has 0 aliphatic carbocycles. The highest BCUT2D eigenvalue weighted by Crippen LogP contribution is 2.35. The topological polar surface area (TPSA) is 144 Å². The predicted molar refractivity (Wildman–Crippen MR) is 152 cm³/mol. The molecule has 1 atom stereocenters. The van der Waals surface area contributed by atoms with Crippen LogP contribution in [0, 0.1) is 11.6 Å². The monoisotopic (exact) mass is 606 g/mol. The number of sulfonamides is 1. The van der Waals surface area contributed by atoms with Gasteiger partial charge in [-0.05, 0) is 31.3 Å². The third-order valence-electron chi connectivity index (χ3n) is 7.00. The fourth-order valence-electron chi connectivity index (χ4n) is 4.91. The molecule has 0 saturated heterocycles. The fourth-order valence-corrected chi connectivity index (χ4v) is 5.65. The molecule has 6 rings (SSSR count). The number of nitrogens with zero attached hydrogens (tertiary/aromatic N) is 3. The smallest absolute Gasteiger partial charge is 0.269 e. The molecule has 3 heterocycles. The Morgan fingerprint density at radius 3 is 2.58 bits per heavy atom. The molecule has 0 radical (unpaired) electrons. The van der Waals surface area contributed by atoms with E-state index in [0.717, 1.165) is 6.07 Å². The van der Waals surface area contributed by atoms with Crippen molar-refractivity contribution in [1.82, 2.24) is 19.8 Å². The highest BCUT2D eigenvalue weighted by molar-refractivity contribution is 7.89.